The number of phenols is 2. The van der Waals surface area contributed by atoms with Crippen LogP contribution in [0.15, 0.2) is 36.4 Å². The average molecular weight is 597 g/mol. The lowest BCUT2D eigenvalue weighted by Crippen LogP contribution is -2.33. The first-order chi connectivity index (χ1) is 20.6. The van der Waals surface area contributed by atoms with Crippen molar-refractivity contribution >= 4 is 23.1 Å². The Bertz CT molecular complexity index is 1120. The number of ether oxygens (including phenoxy) is 2. The number of carbonyl (C=O) groups excluding carboxylic acids is 4. The molecule has 0 heterocycles. The van der Waals surface area contributed by atoms with Crippen molar-refractivity contribution in [1.82, 2.24) is 0 Å². The minimum absolute atomic E-state index is 0.00441. The molecule has 236 valence electrons. The Morgan fingerprint density at radius 1 is 0.605 bits per heavy atom. The van der Waals surface area contributed by atoms with Gasteiger partial charge in [0.25, 0.3) is 0 Å². The van der Waals surface area contributed by atoms with Crippen molar-refractivity contribution in [3.05, 3.63) is 47.5 Å². The largest absolute Gasteiger partial charge is 0.504 e. The number of ketones is 4. The fourth-order valence-electron chi connectivity index (χ4n) is 5.21. The average Bonchev–Trinajstić information content (AvgIpc) is 3.00. The van der Waals surface area contributed by atoms with E-state index in [0.717, 1.165) is 36.8 Å². The summed E-state index contributed by atoms with van der Waals surface area (Å²) in [6, 6.07) is 9.71. The van der Waals surface area contributed by atoms with Crippen molar-refractivity contribution in [2.75, 3.05) is 14.2 Å². The molecule has 0 aromatic heterocycles. The molecule has 0 radical (unpaired) electrons. The van der Waals surface area contributed by atoms with Gasteiger partial charge in [0.05, 0.1) is 26.1 Å². The Kier molecular flexibility index (Phi) is 15.5. The fraction of sp³-hybridized carbons (Fsp3) is 0.543. The molecule has 0 spiro atoms. The Morgan fingerprint density at radius 3 is 1.33 bits per heavy atom. The van der Waals surface area contributed by atoms with Gasteiger partial charge in [0.2, 0.25) is 0 Å². The van der Waals surface area contributed by atoms with Crippen molar-refractivity contribution in [2.45, 2.75) is 97.3 Å². The lowest BCUT2D eigenvalue weighted by molar-refractivity contribution is -0.137. The van der Waals surface area contributed by atoms with Gasteiger partial charge in [0, 0.05) is 25.7 Å². The summed E-state index contributed by atoms with van der Waals surface area (Å²) in [6.07, 6.45) is 6.02. The minimum atomic E-state index is -1.03. The summed E-state index contributed by atoms with van der Waals surface area (Å²) < 4.78 is 10.3. The molecule has 0 bridgehead atoms. The van der Waals surface area contributed by atoms with E-state index in [0.29, 0.717) is 37.2 Å². The third-order valence-corrected chi connectivity index (χ3v) is 7.89. The van der Waals surface area contributed by atoms with E-state index >= 15 is 0 Å². The first-order valence-corrected chi connectivity index (χ1v) is 15.5. The number of benzene rings is 2. The number of hydrogen-bond acceptors (Lipinski definition) is 8. The van der Waals surface area contributed by atoms with Crippen LogP contribution < -0.4 is 9.47 Å². The first kappa shape index (κ1) is 35.5. The fourth-order valence-corrected chi connectivity index (χ4v) is 5.21. The molecule has 0 aliphatic heterocycles. The highest BCUT2D eigenvalue weighted by molar-refractivity contribution is 6.06. The summed E-state index contributed by atoms with van der Waals surface area (Å²) in [6.45, 7) is 4.07. The zero-order valence-corrected chi connectivity index (χ0v) is 26.2. The molecular formula is C35H48O8. The standard InChI is InChI=1S/C35H48O8/c1-5-7-9-11-28(36)26(30(38)17-13-24-15-19-32(40)34(21-24)42-3)23-27(29(37)12-10-8-6-2)31(39)18-14-25-16-20-33(41)35(22-25)43-4/h15-16,19-22,26-27,40-41H,5-14,17-18,23H2,1-4H3. The molecule has 0 amide bonds. The molecule has 2 rings (SSSR count). The summed E-state index contributed by atoms with van der Waals surface area (Å²) in [7, 11) is 2.89. The van der Waals surface area contributed by atoms with Gasteiger partial charge in [0.1, 0.15) is 23.1 Å². The molecule has 0 aliphatic rings. The van der Waals surface area contributed by atoms with E-state index in [2.05, 4.69) is 0 Å². The van der Waals surface area contributed by atoms with E-state index in [4.69, 9.17) is 9.47 Å². The monoisotopic (exact) mass is 596 g/mol. The second kappa shape index (κ2) is 18.8. The highest BCUT2D eigenvalue weighted by Gasteiger charge is 2.34. The summed E-state index contributed by atoms with van der Waals surface area (Å²) in [4.78, 5) is 54.0. The Hall–Kier alpha value is -3.68. The predicted molar refractivity (Wildman–Crippen MR) is 166 cm³/mol. The number of Topliss-reactive ketones (excluding diaryl/α,β-unsaturated/α-hetero) is 4. The van der Waals surface area contributed by atoms with E-state index in [1.54, 1.807) is 24.3 Å². The molecule has 0 fully saturated rings. The van der Waals surface area contributed by atoms with Gasteiger partial charge in [-0.2, -0.15) is 0 Å². The van der Waals surface area contributed by atoms with Crippen LogP contribution in [0.3, 0.4) is 0 Å². The van der Waals surface area contributed by atoms with Gasteiger partial charge in [0.15, 0.2) is 23.0 Å². The molecular weight excluding hydrogens is 548 g/mol. The Morgan fingerprint density at radius 2 is 0.977 bits per heavy atom. The molecule has 2 aromatic rings. The van der Waals surface area contributed by atoms with Gasteiger partial charge >= 0.3 is 0 Å². The van der Waals surface area contributed by atoms with Gasteiger partial charge in [-0.15, -0.1) is 0 Å². The maximum atomic E-state index is 13.6. The molecule has 8 heteroatoms. The molecule has 43 heavy (non-hydrogen) atoms. The third kappa shape index (κ3) is 11.5. The molecule has 0 aliphatic carbocycles. The second-order valence-electron chi connectivity index (χ2n) is 11.1. The van der Waals surface area contributed by atoms with Crippen molar-refractivity contribution < 1.29 is 38.9 Å². The normalized spacial score (nSPS) is 12.4. The molecule has 2 atom stereocenters. The van der Waals surface area contributed by atoms with Crippen LogP contribution in [-0.4, -0.2) is 47.6 Å². The Balaban J connectivity index is 2.26. The number of hydrogen-bond donors (Lipinski definition) is 2. The summed E-state index contributed by atoms with van der Waals surface area (Å²) in [5.41, 5.74) is 1.54. The number of carbonyl (C=O) groups is 4. The van der Waals surface area contributed by atoms with Gasteiger partial charge in [-0.1, -0.05) is 51.7 Å². The van der Waals surface area contributed by atoms with Crippen LogP contribution in [0.5, 0.6) is 23.0 Å². The number of rotatable bonds is 22. The lowest BCUT2D eigenvalue weighted by Gasteiger charge is -2.21. The van der Waals surface area contributed by atoms with Crippen molar-refractivity contribution in [1.29, 1.82) is 0 Å². The SMILES string of the molecule is CCCCCC(=O)C(CC(C(=O)CCCCC)C(=O)CCc1ccc(O)c(OC)c1)C(=O)CCc1ccc(O)c(OC)c1. The maximum Gasteiger partial charge on any atom is 0.160 e. The molecule has 0 saturated carbocycles. The van der Waals surface area contributed by atoms with Crippen LogP contribution in [0.1, 0.15) is 95.6 Å². The number of aromatic hydroxyl groups is 2. The van der Waals surface area contributed by atoms with Crippen LogP contribution in [0.4, 0.5) is 0 Å². The van der Waals surface area contributed by atoms with Gasteiger partial charge < -0.3 is 19.7 Å². The molecule has 2 unspecified atom stereocenters. The summed E-state index contributed by atoms with van der Waals surface area (Å²) >= 11 is 0. The van der Waals surface area contributed by atoms with Crippen LogP contribution >= 0.6 is 0 Å². The van der Waals surface area contributed by atoms with E-state index in [9.17, 15) is 29.4 Å². The first-order valence-electron chi connectivity index (χ1n) is 15.5. The van der Waals surface area contributed by atoms with E-state index in [-0.39, 0.29) is 66.7 Å². The molecule has 8 nitrogen and oxygen atoms in total. The maximum absolute atomic E-state index is 13.6. The Labute approximate surface area is 255 Å². The minimum Gasteiger partial charge on any atom is -0.504 e. The number of methoxy groups -OCH3 is 2. The highest BCUT2D eigenvalue weighted by atomic mass is 16.5. The van der Waals surface area contributed by atoms with Crippen LogP contribution in [0.2, 0.25) is 0 Å². The zero-order chi connectivity index (χ0) is 31.8. The van der Waals surface area contributed by atoms with Crippen LogP contribution in [0, 0.1) is 11.8 Å². The molecule has 2 aromatic carbocycles. The quantitative estimate of drug-likeness (QED) is 0.113. The smallest absolute Gasteiger partial charge is 0.160 e. The van der Waals surface area contributed by atoms with E-state index < -0.39 is 11.8 Å². The van der Waals surface area contributed by atoms with E-state index in [1.807, 2.05) is 13.8 Å². The molecule has 0 saturated heterocycles. The number of unbranched alkanes of at least 4 members (excludes halogenated alkanes) is 4. The number of phenolic OH excluding ortho intramolecular Hbond substituents is 2. The third-order valence-electron chi connectivity index (χ3n) is 7.89. The highest BCUT2D eigenvalue weighted by Crippen LogP contribution is 2.30. The lowest BCUT2D eigenvalue weighted by atomic mass is 9.79. The summed E-state index contributed by atoms with van der Waals surface area (Å²) in [5, 5.41) is 19.8. The van der Waals surface area contributed by atoms with Gasteiger partial charge in [-0.25, -0.2) is 0 Å². The van der Waals surface area contributed by atoms with Crippen molar-refractivity contribution in [3.63, 3.8) is 0 Å². The zero-order valence-electron chi connectivity index (χ0n) is 26.2. The van der Waals surface area contributed by atoms with Crippen molar-refractivity contribution in [2.24, 2.45) is 11.8 Å². The predicted octanol–water partition coefficient (Wildman–Crippen LogP) is 6.74. The van der Waals surface area contributed by atoms with Gasteiger partial charge in [-0.05, 0) is 67.5 Å². The van der Waals surface area contributed by atoms with Crippen LogP contribution in [-0.2, 0) is 32.0 Å². The summed E-state index contributed by atoms with van der Waals surface area (Å²) in [5.74, 6) is -2.48. The topological polar surface area (TPSA) is 127 Å². The van der Waals surface area contributed by atoms with Crippen LogP contribution in [0.25, 0.3) is 0 Å². The second-order valence-corrected chi connectivity index (χ2v) is 11.1. The van der Waals surface area contributed by atoms with Gasteiger partial charge in [-0.3, -0.25) is 19.2 Å². The number of aryl methyl sites for hydroxylation is 2. The van der Waals surface area contributed by atoms with E-state index in [1.165, 1.54) is 26.4 Å². The molecule has 2 N–H and O–H groups in total. The van der Waals surface area contributed by atoms with Crippen molar-refractivity contribution in [3.8, 4) is 23.0 Å².